The minimum Gasteiger partial charge on any atom is -0.457 e. The van der Waals surface area contributed by atoms with Crippen molar-refractivity contribution in [2.75, 3.05) is 19.7 Å². The average molecular weight is 459 g/mol. The molecular weight excluding hydrogens is 439 g/mol. The molecule has 1 fully saturated rings. The Bertz CT molecular complexity index is 1030. The Kier molecular flexibility index (Phi) is 7.45. The number of esters is 1. The molecule has 0 radical (unpaired) electrons. The maximum atomic E-state index is 13.2. The summed E-state index contributed by atoms with van der Waals surface area (Å²) in [5.74, 6) is -2.25. The lowest BCUT2D eigenvalue weighted by Crippen LogP contribution is -2.41. The number of ketones is 1. The predicted octanol–water partition coefficient (Wildman–Crippen LogP) is 1.97. The van der Waals surface area contributed by atoms with Crippen LogP contribution < -0.4 is 5.73 Å². The van der Waals surface area contributed by atoms with Crippen molar-refractivity contribution in [2.24, 2.45) is 11.7 Å². The van der Waals surface area contributed by atoms with Crippen LogP contribution >= 0.6 is 0 Å². The highest BCUT2D eigenvalue weighted by atomic mass is 32.2. The number of hydrogen-bond acceptors (Lipinski definition) is 7. The van der Waals surface area contributed by atoms with Gasteiger partial charge in [0.1, 0.15) is 11.6 Å². The number of alkyl halides is 3. The smallest absolute Gasteiger partial charge is 0.417 e. The molecule has 2 rings (SSSR count). The number of piperidine rings is 1. The number of ether oxygens (including phenoxy) is 1. The third-order valence-electron chi connectivity index (χ3n) is 4.73. The number of carbonyl (C=O) groups is 2. The molecule has 0 saturated carbocycles. The SMILES string of the molecule is C/C(N)=C(/C#N)C(=O)COC(=O)C1CCN(S(=O)(=O)c2ccccc2C(F)(F)F)CC1. The van der Waals surface area contributed by atoms with Crippen LogP contribution in [0, 0.1) is 17.2 Å². The molecule has 1 aliphatic rings. The number of allylic oxidation sites excluding steroid dienone is 1. The van der Waals surface area contributed by atoms with E-state index in [0.29, 0.717) is 6.07 Å². The minimum absolute atomic E-state index is 0.0112. The second kappa shape index (κ2) is 9.49. The van der Waals surface area contributed by atoms with Crippen molar-refractivity contribution < 1.29 is 35.9 Å². The van der Waals surface area contributed by atoms with E-state index in [0.717, 1.165) is 16.4 Å². The number of halogens is 3. The van der Waals surface area contributed by atoms with Gasteiger partial charge in [0, 0.05) is 18.8 Å². The van der Waals surface area contributed by atoms with Crippen LogP contribution in [0.3, 0.4) is 0 Å². The molecule has 8 nitrogen and oxygen atoms in total. The van der Waals surface area contributed by atoms with Crippen molar-refractivity contribution in [3.05, 3.63) is 41.1 Å². The van der Waals surface area contributed by atoms with Gasteiger partial charge in [-0.15, -0.1) is 0 Å². The highest BCUT2D eigenvalue weighted by molar-refractivity contribution is 7.89. The Hall–Kier alpha value is -2.91. The lowest BCUT2D eigenvalue weighted by Gasteiger charge is -2.30. The van der Waals surface area contributed by atoms with Crippen molar-refractivity contribution >= 4 is 21.8 Å². The summed E-state index contributed by atoms with van der Waals surface area (Å²) in [6, 6.07) is 5.51. The number of rotatable bonds is 6. The fraction of sp³-hybridized carbons (Fsp3) is 0.421. The molecule has 1 heterocycles. The molecule has 0 atom stereocenters. The number of sulfonamides is 1. The number of carbonyl (C=O) groups excluding carboxylic acids is 2. The summed E-state index contributed by atoms with van der Waals surface area (Å²) in [6.45, 7) is 0.292. The third kappa shape index (κ3) is 5.62. The summed E-state index contributed by atoms with van der Waals surface area (Å²) in [5, 5.41) is 8.87. The summed E-state index contributed by atoms with van der Waals surface area (Å²) in [5.41, 5.74) is 3.81. The van der Waals surface area contributed by atoms with Crippen LogP contribution in [-0.2, 0) is 30.5 Å². The first kappa shape index (κ1) is 24.4. The first-order valence-electron chi connectivity index (χ1n) is 9.12. The maximum absolute atomic E-state index is 13.2. The quantitative estimate of drug-likeness (QED) is 0.391. The van der Waals surface area contributed by atoms with Crippen LogP contribution in [0.1, 0.15) is 25.3 Å². The van der Waals surface area contributed by atoms with Gasteiger partial charge in [0.05, 0.1) is 16.4 Å². The molecule has 1 saturated heterocycles. The van der Waals surface area contributed by atoms with Crippen molar-refractivity contribution in [1.82, 2.24) is 4.31 Å². The molecule has 2 N–H and O–H groups in total. The van der Waals surface area contributed by atoms with E-state index in [-0.39, 0.29) is 37.2 Å². The van der Waals surface area contributed by atoms with Crippen molar-refractivity contribution in [1.29, 1.82) is 5.26 Å². The summed E-state index contributed by atoms with van der Waals surface area (Å²) >= 11 is 0. The molecule has 1 aromatic rings. The lowest BCUT2D eigenvalue weighted by molar-refractivity contribution is -0.152. The van der Waals surface area contributed by atoms with Crippen LogP contribution in [0.15, 0.2) is 40.4 Å². The van der Waals surface area contributed by atoms with Gasteiger partial charge in [0.25, 0.3) is 0 Å². The maximum Gasteiger partial charge on any atom is 0.417 e. The van der Waals surface area contributed by atoms with Crippen LogP contribution in [0.4, 0.5) is 13.2 Å². The van der Waals surface area contributed by atoms with Crippen LogP contribution in [0.25, 0.3) is 0 Å². The Balaban J connectivity index is 2.03. The molecule has 0 amide bonds. The van der Waals surface area contributed by atoms with E-state index >= 15 is 0 Å². The third-order valence-corrected chi connectivity index (χ3v) is 6.68. The lowest BCUT2D eigenvalue weighted by atomic mass is 9.98. The zero-order valence-electron chi connectivity index (χ0n) is 16.5. The fourth-order valence-electron chi connectivity index (χ4n) is 3.09. The monoisotopic (exact) mass is 459 g/mol. The van der Waals surface area contributed by atoms with Crippen molar-refractivity contribution in [3.8, 4) is 6.07 Å². The Morgan fingerprint density at radius 3 is 2.35 bits per heavy atom. The van der Waals surface area contributed by atoms with Gasteiger partial charge in [-0.3, -0.25) is 9.59 Å². The van der Waals surface area contributed by atoms with Gasteiger partial charge in [-0.1, -0.05) is 12.1 Å². The predicted molar refractivity (Wildman–Crippen MR) is 101 cm³/mol. The second-order valence-corrected chi connectivity index (χ2v) is 8.78. The van der Waals surface area contributed by atoms with Gasteiger partial charge in [0.2, 0.25) is 15.8 Å². The topological polar surface area (TPSA) is 131 Å². The molecular formula is C19H20F3N3O5S. The van der Waals surface area contributed by atoms with E-state index in [9.17, 15) is 31.2 Å². The molecule has 12 heteroatoms. The van der Waals surface area contributed by atoms with Crippen LogP contribution in [-0.4, -0.2) is 44.2 Å². The van der Waals surface area contributed by atoms with Crippen molar-refractivity contribution in [3.63, 3.8) is 0 Å². The number of Topliss-reactive ketones (excluding diaryl/α,β-unsaturated/α-hetero) is 1. The zero-order chi connectivity index (χ0) is 23.4. The number of nitrogens with zero attached hydrogens (tertiary/aromatic N) is 2. The first-order chi connectivity index (χ1) is 14.4. The zero-order valence-corrected chi connectivity index (χ0v) is 17.3. The summed E-state index contributed by atoms with van der Waals surface area (Å²) in [6.07, 6.45) is -4.81. The van der Waals surface area contributed by atoms with Gasteiger partial charge < -0.3 is 10.5 Å². The number of benzene rings is 1. The number of nitriles is 1. The molecule has 0 aliphatic carbocycles. The molecule has 1 aromatic carbocycles. The number of hydrogen-bond donors (Lipinski definition) is 1. The standard InChI is InChI=1S/C19H20F3N3O5S/c1-12(24)14(10-23)16(26)11-30-18(27)13-6-8-25(9-7-13)31(28,29)17-5-3-2-4-15(17)19(20,21)22/h2-5,13H,6-9,11,24H2,1H3/b14-12+. The molecule has 0 unspecified atom stereocenters. The van der Waals surface area contributed by atoms with Crippen molar-refractivity contribution in [2.45, 2.75) is 30.8 Å². The van der Waals surface area contributed by atoms with Gasteiger partial charge in [-0.2, -0.15) is 22.7 Å². The summed E-state index contributed by atoms with van der Waals surface area (Å²) < 4.78 is 70.8. The summed E-state index contributed by atoms with van der Waals surface area (Å²) in [4.78, 5) is 23.2. The fourth-order valence-corrected chi connectivity index (χ4v) is 4.78. The highest BCUT2D eigenvalue weighted by Gasteiger charge is 2.40. The molecule has 0 spiro atoms. The van der Waals surface area contributed by atoms with Gasteiger partial charge in [-0.25, -0.2) is 8.42 Å². The van der Waals surface area contributed by atoms with E-state index in [1.807, 2.05) is 0 Å². The van der Waals surface area contributed by atoms with E-state index < -0.39 is 50.9 Å². The Morgan fingerprint density at radius 1 is 1.26 bits per heavy atom. The van der Waals surface area contributed by atoms with E-state index in [1.54, 1.807) is 6.07 Å². The molecule has 1 aliphatic heterocycles. The number of nitrogens with two attached hydrogens (primary N) is 1. The Morgan fingerprint density at radius 2 is 1.84 bits per heavy atom. The summed E-state index contributed by atoms with van der Waals surface area (Å²) in [7, 11) is -4.42. The van der Waals surface area contributed by atoms with E-state index in [4.69, 9.17) is 15.7 Å². The average Bonchev–Trinajstić information content (AvgIpc) is 2.71. The normalized spacial score (nSPS) is 16.9. The molecule has 0 aromatic heterocycles. The minimum atomic E-state index is -4.84. The first-order valence-corrected chi connectivity index (χ1v) is 10.6. The molecule has 31 heavy (non-hydrogen) atoms. The van der Waals surface area contributed by atoms with Gasteiger partial charge in [-0.05, 0) is 31.9 Å². The van der Waals surface area contributed by atoms with E-state index in [2.05, 4.69) is 0 Å². The second-order valence-electron chi connectivity index (χ2n) is 6.87. The van der Waals surface area contributed by atoms with E-state index in [1.165, 1.54) is 13.0 Å². The largest absolute Gasteiger partial charge is 0.457 e. The molecule has 0 bridgehead atoms. The highest BCUT2D eigenvalue weighted by Crippen LogP contribution is 2.36. The molecule has 168 valence electrons. The van der Waals surface area contributed by atoms with Gasteiger partial charge in [0.15, 0.2) is 6.61 Å². The van der Waals surface area contributed by atoms with Crippen LogP contribution in [0.5, 0.6) is 0 Å². The van der Waals surface area contributed by atoms with Crippen LogP contribution in [0.2, 0.25) is 0 Å². The van der Waals surface area contributed by atoms with Gasteiger partial charge >= 0.3 is 12.1 Å². The Labute approximate surface area is 177 Å².